The number of carbonyl (C=O) groups is 1. The van der Waals surface area contributed by atoms with E-state index in [0.29, 0.717) is 25.0 Å². The molecule has 0 spiro atoms. The molecule has 1 amide bonds. The molecule has 2 rings (SSSR count). The van der Waals surface area contributed by atoms with Gasteiger partial charge in [0.25, 0.3) is 0 Å². The Hall–Kier alpha value is -1.45. The minimum atomic E-state index is -0.369. The van der Waals surface area contributed by atoms with Crippen molar-refractivity contribution in [1.29, 1.82) is 0 Å². The topological polar surface area (TPSA) is 87.9 Å². The van der Waals surface area contributed by atoms with Gasteiger partial charge in [-0.3, -0.25) is 4.99 Å². The number of rotatable bonds is 8. The number of guanidine groups is 1. The lowest BCUT2D eigenvalue weighted by Crippen LogP contribution is -2.42. The Kier molecular flexibility index (Phi) is 9.82. The monoisotopic (exact) mass is 478 g/mol. The molecule has 1 saturated carbocycles. The fourth-order valence-electron chi connectivity index (χ4n) is 2.61. The highest BCUT2D eigenvalue weighted by atomic mass is 127. The lowest BCUT2D eigenvalue weighted by Gasteiger charge is -2.19. The number of hydrogen-bond donors (Lipinski definition) is 3. The van der Waals surface area contributed by atoms with E-state index in [4.69, 9.17) is 9.15 Å². The number of amides is 1. The molecule has 26 heavy (non-hydrogen) atoms. The number of alkyl carbamates (subject to hydrolysis) is 1. The zero-order valence-electron chi connectivity index (χ0n) is 16.0. The smallest absolute Gasteiger partial charge is 0.407 e. The first-order valence-electron chi connectivity index (χ1n) is 9.07. The number of hydrogen-bond acceptors (Lipinski definition) is 4. The maximum Gasteiger partial charge on any atom is 0.407 e. The van der Waals surface area contributed by atoms with Crippen molar-refractivity contribution in [2.24, 2.45) is 10.9 Å². The van der Waals surface area contributed by atoms with Crippen LogP contribution < -0.4 is 16.0 Å². The molecule has 1 aliphatic rings. The second-order valence-electron chi connectivity index (χ2n) is 6.34. The van der Waals surface area contributed by atoms with Crippen LogP contribution in [0, 0.1) is 12.8 Å². The van der Waals surface area contributed by atoms with Gasteiger partial charge in [0.05, 0.1) is 25.2 Å². The van der Waals surface area contributed by atoms with Gasteiger partial charge in [-0.1, -0.05) is 0 Å². The number of halogens is 1. The molecule has 0 aliphatic heterocycles. The molecule has 0 radical (unpaired) electrons. The molecule has 1 heterocycles. The number of nitrogens with zero attached hydrogens (tertiary/aromatic N) is 1. The van der Waals surface area contributed by atoms with E-state index in [-0.39, 0.29) is 42.2 Å². The molecule has 0 bridgehead atoms. The molecule has 1 fully saturated rings. The molecule has 2 unspecified atom stereocenters. The van der Waals surface area contributed by atoms with Crippen molar-refractivity contribution in [3.8, 4) is 0 Å². The normalized spacial score (nSPS) is 16.2. The highest BCUT2D eigenvalue weighted by molar-refractivity contribution is 14.0. The van der Waals surface area contributed by atoms with Crippen molar-refractivity contribution >= 4 is 36.0 Å². The van der Waals surface area contributed by atoms with Crippen LogP contribution in [0.1, 0.15) is 51.2 Å². The van der Waals surface area contributed by atoms with Crippen LogP contribution in [-0.2, 0) is 4.74 Å². The summed E-state index contributed by atoms with van der Waals surface area (Å²) in [7, 11) is 0. The van der Waals surface area contributed by atoms with Crippen molar-refractivity contribution in [3.63, 3.8) is 0 Å². The molecule has 1 aliphatic carbocycles. The average molecular weight is 478 g/mol. The van der Waals surface area contributed by atoms with E-state index >= 15 is 0 Å². The minimum absolute atomic E-state index is 0. The van der Waals surface area contributed by atoms with Crippen LogP contribution in [-0.4, -0.2) is 37.8 Å². The van der Waals surface area contributed by atoms with Crippen LogP contribution in [0.3, 0.4) is 0 Å². The van der Waals surface area contributed by atoms with E-state index < -0.39 is 0 Å². The fourth-order valence-corrected chi connectivity index (χ4v) is 2.61. The molecule has 0 aromatic carbocycles. The van der Waals surface area contributed by atoms with Gasteiger partial charge in [-0.25, -0.2) is 4.79 Å². The summed E-state index contributed by atoms with van der Waals surface area (Å²) in [5.74, 6) is 2.95. The third-order valence-corrected chi connectivity index (χ3v) is 4.10. The molecule has 3 N–H and O–H groups in total. The van der Waals surface area contributed by atoms with Gasteiger partial charge < -0.3 is 25.1 Å². The van der Waals surface area contributed by atoms with Crippen molar-refractivity contribution in [1.82, 2.24) is 16.0 Å². The summed E-state index contributed by atoms with van der Waals surface area (Å²) in [6.07, 6.45) is 1.88. The SMILES string of the molecule is CCNC(=NCC(NC(=O)OCC)C1CC1)NC(C)c1ccc(C)o1.I. The first-order chi connectivity index (χ1) is 12.0. The molecule has 148 valence electrons. The highest BCUT2D eigenvalue weighted by Crippen LogP contribution is 2.32. The van der Waals surface area contributed by atoms with Crippen LogP contribution in [0.15, 0.2) is 21.5 Å². The first-order valence-corrected chi connectivity index (χ1v) is 9.07. The second kappa shape index (κ2) is 11.3. The van der Waals surface area contributed by atoms with Gasteiger partial charge in [0, 0.05) is 6.54 Å². The van der Waals surface area contributed by atoms with Crippen LogP contribution >= 0.6 is 24.0 Å². The first kappa shape index (κ1) is 22.6. The predicted octanol–water partition coefficient (Wildman–Crippen LogP) is 3.35. The Labute approximate surface area is 172 Å². The van der Waals surface area contributed by atoms with Gasteiger partial charge in [-0.15, -0.1) is 24.0 Å². The van der Waals surface area contributed by atoms with E-state index in [1.54, 1.807) is 6.92 Å². The molecule has 0 saturated heterocycles. The Morgan fingerprint density at radius 3 is 2.62 bits per heavy atom. The van der Waals surface area contributed by atoms with Gasteiger partial charge in [0.15, 0.2) is 5.96 Å². The van der Waals surface area contributed by atoms with Gasteiger partial charge >= 0.3 is 6.09 Å². The maximum absolute atomic E-state index is 11.7. The lowest BCUT2D eigenvalue weighted by atomic mass is 10.2. The summed E-state index contributed by atoms with van der Waals surface area (Å²) < 4.78 is 10.6. The van der Waals surface area contributed by atoms with Crippen LogP contribution in [0.2, 0.25) is 0 Å². The Morgan fingerprint density at radius 2 is 2.08 bits per heavy atom. The Bertz CT molecular complexity index is 587. The summed E-state index contributed by atoms with van der Waals surface area (Å²) in [5, 5.41) is 9.50. The third kappa shape index (κ3) is 7.43. The van der Waals surface area contributed by atoms with E-state index in [0.717, 1.165) is 30.9 Å². The summed E-state index contributed by atoms with van der Waals surface area (Å²) in [6, 6.07) is 3.93. The Balaban J connectivity index is 0.00000338. The second-order valence-corrected chi connectivity index (χ2v) is 6.34. The molecule has 2 atom stereocenters. The number of carbonyl (C=O) groups excluding carboxylic acids is 1. The maximum atomic E-state index is 11.7. The fraction of sp³-hybridized carbons (Fsp3) is 0.667. The standard InChI is InChI=1S/C18H30N4O3.HI/c1-5-19-17(21-13(4)16-10-7-12(3)25-16)20-11-15(14-8-9-14)22-18(23)24-6-2;/h7,10,13-15H,5-6,8-9,11H2,1-4H3,(H,22,23)(H2,19,20,21);1H. The average Bonchev–Trinajstić information content (AvgIpc) is 3.32. The largest absolute Gasteiger partial charge is 0.464 e. The summed E-state index contributed by atoms with van der Waals surface area (Å²) in [6.45, 7) is 9.43. The van der Waals surface area contributed by atoms with Crippen LogP contribution in [0.25, 0.3) is 0 Å². The van der Waals surface area contributed by atoms with Gasteiger partial charge in [0.2, 0.25) is 0 Å². The Morgan fingerprint density at radius 1 is 1.35 bits per heavy atom. The number of aliphatic imine (C=N–C) groups is 1. The van der Waals surface area contributed by atoms with E-state index in [1.165, 1.54) is 0 Å². The van der Waals surface area contributed by atoms with Crippen molar-refractivity contribution in [3.05, 3.63) is 23.7 Å². The molecular formula is C18H31IN4O3. The zero-order chi connectivity index (χ0) is 18.2. The van der Waals surface area contributed by atoms with Gasteiger partial charge in [0.1, 0.15) is 11.5 Å². The predicted molar refractivity (Wildman–Crippen MR) is 113 cm³/mol. The molecule has 1 aromatic rings. The number of furan rings is 1. The molecule has 7 nitrogen and oxygen atoms in total. The quantitative estimate of drug-likeness (QED) is 0.303. The van der Waals surface area contributed by atoms with Crippen molar-refractivity contribution in [2.75, 3.05) is 19.7 Å². The van der Waals surface area contributed by atoms with Crippen LogP contribution in [0.5, 0.6) is 0 Å². The highest BCUT2D eigenvalue weighted by Gasteiger charge is 2.32. The van der Waals surface area contributed by atoms with Crippen molar-refractivity contribution < 1.29 is 13.9 Å². The van der Waals surface area contributed by atoms with E-state index in [2.05, 4.69) is 20.9 Å². The van der Waals surface area contributed by atoms with Crippen LogP contribution in [0.4, 0.5) is 4.79 Å². The lowest BCUT2D eigenvalue weighted by molar-refractivity contribution is 0.147. The number of aryl methyl sites for hydroxylation is 1. The van der Waals surface area contributed by atoms with E-state index in [1.807, 2.05) is 32.9 Å². The minimum Gasteiger partial charge on any atom is -0.464 e. The van der Waals surface area contributed by atoms with Crippen molar-refractivity contribution in [2.45, 2.75) is 52.6 Å². The van der Waals surface area contributed by atoms with Gasteiger partial charge in [-0.2, -0.15) is 0 Å². The molecule has 1 aromatic heterocycles. The molecule has 8 heteroatoms. The summed E-state index contributed by atoms with van der Waals surface area (Å²) in [5.41, 5.74) is 0. The summed E-state index contributed by atoms with van der Waals surface area (Å²) in [4.78, 5) is 16.3. The number of nitrogens with one attached hydrogen (secondary N) is 3. The summed E-state index contributed by atoms with van der Waals surface area (Å²) >= 11 is 0. The third-order valence-electron chi connectivity index (χ3n) is 4.10. The van der Waals surface area contributed by atoms with Gasteiger partial charge in [-0.05, 0) is 58.6 Å². The molecular weight excluding hydrogens is 447 g/mol. The van der Waals surface area contributed by atoms with E-state index in [9.17, 15) is 4.79 Å². The number of ether oxygens (including phenoxy) is 1. The zero-order valence-corrected chi connectivity index (χ0v) is 18.3.